The molecule has 0 aliphatic carbocycles. The monoisotopic (exact) mass is 221 g/mol. The van der Waals surface area contributed by atoms with Gasteiger partial charge in [-0.15, -0.1) is 0 Å². The van der Waals surface area contributed by atoms with E-state index in [0.29, 0.717) is 10.9 Å². The van der Waals surface area contributed by atoms with Crippen LogP contribution in [0.4, 0.5) is 0 Å². The third-order valence-electron chi connectivity index (χ3n) is 1.96. The summed E-state index contributed by atoms with van der Waals surface area (Å²) in [6, 6.07) is 6.86. The number of thiazole rings is 1. The third-order valence-corrected chi connectivity index (χ3v) is 2.72. The molecule has 0 aliphatic rings. The molecule has 1 aromatic carbocycles. The fourth-order valence-corrected chi connectivity index (χ4v) is 1.90. The molecule has 0 fully saturated rings. The van der Waals surface area contributed by atoms with Crippen LogP contribution >= 0.6 is 11.3 Å². The number of phenolic OH excluding ortho intramolecular Hbond substituents is 1. The van der Waals surface area contributed by atoms with E-state index < -0.39 is 0 Å². The van der Waals surface area contributed by atoms with Gasteiger partial charge >= 0.3 is 0 Å². The van der Waals surface area contributed by atoms with Crippen LogP contribution in [0.25, 0.3) is 0 Å². The molecule has 0 bridgehead atoms. The summed E-state index contributed by atoms with van der Waals surface area (Å²) in [5, 5.41) is 12.0. The van der Waals surface area contributed by atoms with Crippen LogP contribution in [0.15, 0.2) is 29.6 Å². The molecule has 0 spiro atoms. The Kier molecular flexibility index (Phi) is 2.87. The third kappa shape index (κ3) is 2.27. The maximum atomic E-state index is 9.49. The van der Waals surface area contributed by atoms with Gasteiger partial charge in [0.1, 0.15) is 0 Å². The van der Waals surface area contributed by atoms with Gasteiger partial charge in [-0.1, -0.05) is 30.4 Å². The molecule has 0 saturated heterocycles. The lowest BCUT2D eigenvalue weighted by Crippen LogP contribution is -1.84. The van der Waals surface area contributed by atoms with Crippen molar-refractivity contribution in [3.63, 3.8) is 0 Å². The molecule has 4 heteroatoms. The Labute approximate surface area is 92.0 Å². The average Bonchev–Trinajstić information content (AvgIpc) is 2.69. The average molecular weight is 221 g/mol. The van der Waals surface area contributed by atoms with Gasteiger partial charge < -0.3 is 9.84 Å². The zero-order valence-corrected chi connectivity index (χ0v) is 9.12. The van der Waals surface area contributed by atoms with E-state index >= 15 is 0 Å². The molecule has 3 nitrogen and oxygen atoms in total. The van der Waals surface area contributed by atoms with Crippen molar-refractivity contribution < 1.29 is 9.84 Å². The molecule has 2 rings (SSSR count). The number of aromatic hydroxyl groups is 1. The summed E-state index contributed by atoms with van der Waals surface area (Å²) in [4.78, 5) is 4.25. The van der Waals surface area contributed by atoms with Crippen molar-refractivity contribution in [1.82, 2.24) is 4.98 Å². The van der Waals surface area contributed by atoms with Gasteiger partial charge in [-0.2, -0.15) is 0 Å². The first-order valence-corrected chi connectivity index (χ1v) is 5.58. The fraction of sp³-hybridized carbons (Fsp3) is 0.182. The largest absolute Gasteiger partial charge is 0.504 e. The minimum absolute atomic E-state index is 0.130. The number of phenols is 1. The summed E-state index contributed by atoms with van der Waals surface area (Å²) >= 11 is 1.43. The van der Waals surface area contributed by atoms with Crippen LogP contribution in [-0.4, -0.2) is 10.1 Å². The van der Waals surface area contributed by atoms with Crippen LogP contribution < -0.4 is 4.74 Å². The van der Waals surface area contributed by atoms with Gasteiger partial charge in [0.2, 0.25) is 0 Å². The highest BCUT2D eigenvalue weighted by molar-refractivity contribution is 7.11. The number of aromatic nitrogens is 1. The SMILES string of the molecule is CCc1csc(Oc2ccccc2O)n1. The normalized spacial score (nSPS) is 10.2. The van der Waals surface area contributed by atoms with Gasteiger partial charge in [0.25, 0.3) is 5.19 Å². The van der Waals surface area contributed by atoms with E-state index in [9.17, 15) is 5.11 Å². The quantitative estimate of drug-likeness (QED) is 0.865. The highest BCUT2D eigenvalue weighted by Crippen LogP contribution is 2.31. The first kappa shape index (κ1) is 9.98. The van der Waals surface area contributed by atoms with Crippen molar-refractivity contribution in [3.8, 4) is 16.7 Å². The molecule has 0 saturated carbocycles. The van der Waals surface area contributed by atoms with Crippen LogP contribution in [-0.2, 0) is 6.42 Å². The number of hydrogen-bond acceptors (Lipinski definition) is 4. The molecule has 0 amide bonds. The van der Waals surface area contributed by atoms with E-state index in [1.807, 2.05) is 18.4 Å². The molecule has 1 N–H and O–H groups in total. The number of ether oxygens (including phenoxy) is 1. The summed E-state index contributed by atoms with van der Waals surface area (Å²) in [7, 11) is 0. The second kappa shape index (κ2) is 4.31. The molecule has 0 unspecified atom stereocenters. The molecule has 2 aromatic rings. The Hall–Kier alpha value is -1.55. The zero-order valence-electron chi connectivity index (χ0n) is 8.30. The summed E-state index contributed by atoms with van der Waals surface area (Å²) in [5.74, 6) is 0.570. The highest BCUT2D eigenvalue weighted by Gasteiger charge is 2.05. The van der Waals surface area contributed by atoms with E-state index in [1.54, 1.807) is 18.2 Å². The van der Waals surface area contributed by atoms with Crippen molar-refractivity contribution in [1.29, 1.82) is 0 Å². The van der Waals surface area contributed by atoms with Crippen LogP contribution in [0.1, 0.15) is 12.6 Å². The Morgan fingerprint density at radius 3 is 2.87 bits per heavy atom. The Morgan fingerprint density at radius 2 is 2.20 bits per heavy atom. The Balaban J connectivity index is 2.18. The molecule has 0 radical (unpaired) electrons. The predicted molar refractivity (Wildman–Crippen MR) is 59.7 cm³/mol. The summed E-state index contributed by atoms with van der Waals surface area (Å²) in [6.07, 6.45) is 0.890. The Morgan fingerprint density at radius 1 is 1.40 bits per heavy atom. The van der Waals surface area contributed by atoms with Crippen molar-refractivity contribution in [2.24, 2.45) is 0 Å². The van der Waals surface area contributed by atoms with Crippen LogP contribution in [0.5, 0.6) is 16.7 Å². The number of benzene rings is 1. The second-order valence-corrected chi connectivity index (χ2v) is 3.85. The van der Waals surface area contributed by atoms with Crippen molar-refractivity contribution in [3.05, 3.63) is 35.3 Å². The lowest BCUT2D eigenvalue weighted by Gasteiger charge is -2.02. The summed E-state index contributed by atoms with van der Waals surface area (Å²) < 4.78 is 5.45. The Bertz CT molecular complexity index is 453. The second-order valence-electron chi connectivity index (χ2n) is 3.03. The fourth-order valence-electron chi connectivity index (χ4n) is 1.14. The number of nitrogens with zero attached hydrogens (tertiary/aromatic N) is 1. The standard InChI is InChI=1S/C11H11NO2S/c1-2-8-7-15-11(12-8)14-10-6-4-3-5-9(10)13/h3-7,13H,2H2,1H3. The molecule has 0 atom stereocenters. The molecular weight excluding hydrogens is 210 g/mol. The molecular formula is C11H11NO2S. The first-order valence-electron chi connectivity index (χ1n) is 4.70. The maximum absolute atomic E-state index is 9.49. The van der Waals surface area contributed by atoms with Crippen LogP contribution in [0.3, 0.4) is 0 Å². The minimum atomic E-state index is 0.130. The van der Waals surface area contributed by atoms with Gasteiger partial charge in [-0.05, 0) is 18.6 Å². The topological polar surface area (TPSA) is 42.4 Å². The van der Waals surface area contributed by atoms with Gasteiger partial charge in [0.15, 0.2) is 11.5 Å². The van der Waals surface area contributed by atoms with E-state index in [0.717, 1.165) is 12.1 Å². The lowest BCUT2D eigenvalue weighted by atomic mass is 10.3. The number of aryl methyl sites for hydroxylation is 1. The molecule has 15 heavy (non-hydrogen) atoms. The predicted octanol–water partition coefficient (Wildman–Crippen LogP) is 3.20. The minimum Gasteiger partial charge on any atom is -0.504 e. The van der Waals surface area contributed by atoms with Gasteiger partial charge in [-0.25, -0.2) is 4.98 Å². The molecule has 78 valence electrons. The number of rotatable bonds is 3. The van der Waals surface area contributed by atoms with Gasteiger partial charge in [0, 0.05) is 5.38 Å². The maximum Gasteiger partial charge on any atom is 0.279 e. The molecule has 1 aromatic heterocycles. The van der Waals surface area contributed by atoms with E-state index in [-0.39, 0.29) is 5.75 Å². The number of hydrogen-bond donors (Lipinski definition) is 1. The summed E-state index contributed by atoms with van der Waals surface area (Å²) in [5.41, 5.74) is 1.01. The highest BCUT2D eigenvalue weighted by atomic mass is 32.1. The van der Waals surface area contributed by atoms with Crippen LogP contribution in [0.2, 0.25) is 0 Å². The first-order chi connectivity index (χ1) is 7.29. The smallest absolute Gasteiger partial charge is 0.279 e. The van der Waals surface area contributed by atoms with E-state index in [1.165, 1.54) is 11.3 Å². The van der Waals surface area contributed by atoms with Crippen LogP contribution in [0, 0.1) is 0 Å². The van der Waals surface area contributed by atoms with E-state index in [4.69, 9.17) is 4.74 Å². The van der Waals surface area contributed by atoms with Crippen molar-refractivity contribution in [2.45, 2.75) is 13.3 Å². The van der Waals surface area contributed by atoms with E-state index in [2.05, 4.69) is 4.98 Å². The molecule has 0 aliphatic heterocycles. The zero-order chi connectivity index (χ0) is 10.7. The van der Waals surface area contributed by atoms with Gasteiger partial charge in [-0.3, -0.25) is 0 Å². The lowest BCUT2D eigenvalue weighted by molar-refractivity contribution is 0.409. The molecule has 1 heterocycles. The summed E-state index contributed by atoms with van der Waals surface area (Å²) in [6.45, 7) is 2.04. The van der Waals surface area contributed by atoms with Crippen molar-refractivity contribution in [2.75, 3.05) is 0 Å². The van der Waals surface area contributed by atoms with Crippen molar-refractivity contribution >= 4 is 11.3 Å². The van der Waals surface area contributed by atoms with Gasteiger partial charge in [0.05, 0.1) is 5.69 Å². The number of para-hydroxylation sites is 2.